The third kappa shape index (κ3) is 2.93. The van der Waals surface area contributed by atoms with Gasteiger partial charge in [0.1, 0.15) is 0 Å². The van der Waals surface area contributed by atoms with Crippen molar-refractivity contribution < 1.29 is 4.79 Å². The Labute approximate surface area is 152 Å². The van der Waals surface area contributed by atoms with Gasteiger partial charge in [0.15, 0.2) is 5.69 Å². The van der Waals surface area contributed by atoms with Crippen molar-refractivity contribution in [2.75, 3.05) is 26.2 Å². The highest BCUT2D eigenvalue weighted by molar-refractivity contribution is 6.32. The molecular weight excluding hydrogens is 338 g/mol. The lowest BCUT2D eigenvalue weighted by Crippen LogP contribution is -2.44. The van der Waals surface area contributed by atoms with Crippen molar-refractivity contribution in [3.63, 3.8) is 0 Å². The van der Waals surface area contributed by atoms with Gasteiger partial charge in [-0.15, -0.1) is 5.10 Å². The lowest BCUT2D eigenvalue weighted by molar-refractivity contribution is 0.0601. The van der Waals surface area contributed by atoms with Crippen molar-refractivity contribution in [3.8, 4) is 5.69 Å². The van der Waals surface area contributed by atoms with E-state index in [1.54, 1.807) is 10.7 Å². The third-order valence-corrected chi connectivity index (χ3v) is 5.94. The lowest BCUT2D eigenvalue weighted by Gasteiger charge is -2.38. The molecule has 0 saturated carbocycles. The number of hydrogen-bond donors (Lipinski definition) is 1. The maximum Gasteiger partial charge on any atom is 0.276 e. The first kappa shape index (κ1) is 16.5. The predicted molar refractivity (Wildman–Crippen MR) is 96.2 cm³/mol. The zero-order valence-electron chi connectivity index (χ0n) is 14.3. The van der Waals surface area contributed by atoms with Gasteiger partial charge in [-0.05, 0) is 50.3 Å². The first-order chi connectivity index (χ1) is 12.1. The highest BCUT2D eigenvalue weighted by atomic mass is 35.5. The number of likely N-dealkylation sites (tertiary alicyclic amines) is 1. The van der Waals surface area contributed by atoms with Crippen molar-refractivity contribution in [1.82, 2.24) is 25.2 Å². The molecule has 2 aliphatic rings. The maximum atomic E-state index is 12.9. The fourth-order valence-corrected chi connectivity index (χ4v) is 4.15. The Hall–Kier alpha value is -1.92. The molecule has 132 valence electrons. The SMILES string of the molecule is Cc1c(C(=O)N2CCC3(CCNC3)CC2)nnn1-c1ccccc1Cl. The zero-order valence-corrected chi connectivity index (χ0v) is 15.1. The Kier molecular flexibility index (Phi) is 4.25. The number of aromatic nitrogens is 3. The summed E-state index contributed by atoms with van der Waals surface area (Å²) in [7, 11) is 0. The lowest BCUT2D eigenvalue weighted by atomic mass is 9.78. The second kappa shape index (κ2) is 6.42. The van der Waals surface area contributed by atoms with E-state index in [2.05, 4.69) is 15.6 Å². The molecule has 7 heteroatoms. The van der Waals surface area contributed by atoms with Gasteiger partial charge >= 0.3 is 0 Å². The molecule has 0 radical (unpaired) electrons. The molecule has 1 amide bonds. The minimum Gasteiger partial charge on any atom is -0.337 e. The molecule has 3 heterocycles. The number of para-hydroxylation sites is 1. The van der Waals surface area contributed by atoms with E-state index in [9.17, 15) is 4.79 Å². The van der Waals surface area contributed by atoms with Crippen LogP contribution in [0.25, 0.3) is 5.69 Å². The highest BCUT2D eigenvalue weighted by Gasteiger charge is 2.38. The number of nitrogens with zero attached hydrogens (tertiary/aromatic N) is 4. The molecule has 25 heavy (non-hydrogen) atoms. The van der Waals surface area contributed by atoms with Crippen LogP contribution in [0.5, 0.6) is 0 Å². The van der Waals surface area contributed by atoms with Crippen LogP contribution in [0.2, 0.25) is 5.02 Å². The number of piperidine rings is 1. The van der Waals surface area contributed by atoms with Crippen LogP contribution in [0.15, 0.2) is 24.3 Å². The molecule has 4 rings (SSSR count). The van der Waals surface area contributed by atoms with Crippen LogP contribution in [0.1, 0.15) is 35.4 Å². The van der Waals surface area contributed by atoms with E-state index in [1.807, 2.05) is 30.0 Å². The van der Waals surface area contributed by atoms with Crippen LogP contribution in [-0.4, -0.2) is 52.0 Å². The normalized spacial score (nSPS) is 19.5. The van der Waals surface area contributed by atoms with E-state index in [0.29, 0.717) is 16.1 Å². The number of carbonyl (C=O) groups is 1. The van der Waals surface area contributed by atoms with Gasteiger partial charge in [-0.25, -0.2) is 4.68 Å². The van der Waals surface area contributed by atoms with Crippen LogP contribution >= 0.6 is 11.6 Å². The van der Waals surface area contributed by atoms with Gasteiger partial charge in [0, 0.05) is 19.6 Å². The van der Waals surface area contributed by atoms with Crippen LogP contribution in [0.3, 0.4) is 0 Å². The van der Waals surface area contributed by atoms with Crippen molar-refractivity contribution >= 4 is 17.5 Å². The summed E-state index contributed by atoms with van der Waals surface area (Å²) in [4.78, 5) is 14.8. The van der Waals surface area contributed by atoms with Gasteiger partial charge in [0.2, 0.25) is 0 Å². The van der Waals surface area contributed by atoms with E-state index in [-0.39, 0.29) is 5.91 Å². The van der Waals surface area contributed by atoms with E-state index in [1.165, 1.54) is 6.42 Å². The summed E-state index contributed by atoms with van der Waals surface area (Å²) in [6, 6.07) is 7.43. The second-order valence-electron chi connectivity index (χ2n) is 7.11. The Morgan fingerprint density at radius 2 is 2.00 bits per heavy atom. The molecule has 1 aromatic heterocycles. The number of hydrogen-bond acceptors (Lipinski definition) is 4. The second-order valence-corrected chi connectivity index (χ2v) is 7.51. The summed E-state index contributed by atoms with van der Waals surface area (Å²) in [5.41, 5.74) is 2.27. The first-order valence-corrected chi connectivity index (χ1v) is 9.15. The highest BCUT2D eigenvalue weighted by Crippen LogP contribution is 2.37. The number of benzene rings is 1. The van der Waals surface area contributed by atoms with Crippen molar-refractivity contribution in [3.05, 3.63) is 40.7 Å². The van der Waals surface area contributed by atoms with Gasteiger partial charge in [-0.3, -0.25) is 4.79 Å². The Bertz CT molecular complexity index is 787. The van der Waals surface area contributed by atoms with Crippen LogP contribution in [0, 0.1) is 12.3 Å². The number of rotatable bonds is 2. The van der Waals surface area contributed by atoms with E-state index < -0.39 is 0 Å². The quantitative estimate of drug-likeness (QED) is 0.894. The molecule has 0 aliphatic carbocycles. The first-order valence-electron chi connectivity index (χ1n) is 8.77. The molecule has 0 unspecified atom stereocenters. The van der Waals surface area contributed by atoms with Crippen LogP contribution in [0.4, 0.5) is 0 Å². The summed E-state index contributed by atoms with van der Waals surface area (Å²) >= 11 is 6.25. The number of amides is 1. The molecule has 6 nitrogen and oxygen atoms in total. The van der Waals surface area contributed by atoms with Gasteiger partial charge < -0.3 is 10.2 Å². The van der Waals surface area contributed by atoms with Crippen molar-refractivity contribution in [1.29, 1.82) is 0 Å². The fraction of sp³-hybridized carbons (Fsp3) is 0.500. The molecule has 1 spiro atoms. The smallest absolute Gasteiger partial charge is 0.276 e. The van der Waals surface area contributed by atoms with Crippen molar-refractivity contribution in [2.24, 2.45) is 5.41 Å². The third-order valence-electron chi connectivity index (χ3n) is 5.62. The molecule has 1 aromatic carbocycles. The monoisotopic (exact) mass is 359 g/mol. The number of carbonyl (C=O) groups excluding carboxylic acids is 1. The van der Waals surface area contributed by atoms with Gasteiger partial charge in [0.25, 0.3) is 5.91 Å². The standard InChI is InChI=1S/C18H22ClN5O/c1-13-16(21-22-24(13)15-5-3-2-4-14(15)19)17(25)23-10-7-18(8-11-23)6-9-20-12-18/h2-5,20H,6-12H2,1H3. The molecule has 1 N–H and O–H groups in total. The molecule has 2 aliphatic heterocycles. The predicted octanol–water partition coefficient (Wildman–Crippen LogP) is 2.44. The topological polar surface area (TPSA) is 63.1 Å². The fourth-order valence-electron chi connectivity index (χ4n) is 3.94. The molecule has 2 aromatic rings. The summed E-state index contributed by atoms with van der Waals surface area (Å²) in [6.45, 7) is 5.62. The average Bonchev–Trinajstić information content (AvgIpc) is 3.23. The average molecular weight is 360 g/mol. The minimum absolute atomic E-state index is 0.0309. The largest absolute Gasteiger partial charge is 0.337 e. The Morgan fingerprint density at radius 3 is 2.68 bits per heavy atom. The van der Waals surface area contributed by atoms with Gasteiger partial charge in [-0.2, -0.15) is 0 Å². The summed E-state index contributed by atoms with van der Waals surface area (Å²) in [5.74, 6) is -0.0309. The Morgan fingerprint density at radius 1 is 1.24 bits per heavy atom. The van der Waals surface area contributed by atoms with E-state index >= 15 is 0 Å². The van der Waals surface area contributed by atoms with Crippen LogP contribution < -0.4 is 5.32 Å². The molecule has 2 fully saturated rings. The van der Waals surface area contributed by atoms with Crippen molar-refractivity contribution in [2.45, 2.75) is 26.2 Å². The number of nitrogens with one attached hydrogen (secondary N) is 1. The van der Waals surface area contributed by atoms with Gasteiger partial charge in [-0.1, -0.05) is 28.9 Å². The number of halogens is 1. The zero-order chi connectivity index (χ0) is 17.4. The molecule has 0 atom stereocenters. The maximum absolute atomic E-state index is 12.9. The summed E-state index contributed by atoms with van der Waals surface area (Å²) < 4.78 is 1.64. The Balaban J connectivity index is 1.53. The van der Waals surface area contributed by atoms with E-state index in [0.717, 1.165) is 50.4 Å². The summed E-state index contributed by atoms with van der Waals surface area (Å²) in [5, 5.41) is 12.3. The van der Waals surface area contributed by atoms with Gasteiger partial charge in [0.05, 0.1) is 16.4 Å². The van der Waals surface area contributed by atoms with E-state index in [4.69, 9.17) is 11.6 Å². The summed E-state index contributed by atoms with van der Waals surface area (Å²) in [6.07, 6.45) is 3.34. The molecular formula is C18H22ClN5O. The minimum atomic E-state index is -0.0309. The molecule has 2 saturated heterocycles. The molecule has 0 bridgehead atoms. The van der Waals surface area contributed by atoms with Crippen LogP contribution in [-0.2, 0) is 0 Å².